The summed E-state index contributed by atoms with van der Waals surface area (Å²) in [6, 6.07) is 7.62. The van der Waals surface area contributed by atoms with E-state index in [0.717, 1.165) is 54.0 Å². The first-order valence-corrected chi connectivity index (χ1v) is 10.5. The monoisotopic (exact) mass is 390 g/mol. The first-order chi connectivity index (χ1) is 14.2. The molecule has 7 heteroatoms. The fraction of sp³-hybridized carbons (Fsp3) is 0.455. The van der Waals surface area contributed by atoms with Crippen molar-refractivity contribution in [2.24, 2.45) is 0 Å². The van der Waals surface area contributed by atoms with Gasteiger partial charge in [0.1, 0.15) is 11.9 Å². The second-order valence-electron chi connectivity index (χ2n) is 8.07. The van der Waals surface area contributed by atoms with Gasteiger partial charge in [-0.15, -0.1) is 0 Å². The number of fused-ring (bicyclic) bond motifs is 2. The van der Waals surface area contributed by atoms with Crippen LogP contribution >= 0.6 is 0 Å². The van der Waals surface area contributed by atoms with Crippen molar-refractivity contribution in [2.45, 2.75) is 44.7 Å². The Morgan fingerprint density at radius 3 is 3.03 bits per heavy atom. The number of carbonyl (C=O) groups excluding carboxylic acids is 1. The van der Waals surface area contributed by atoms with Gasteiger partial charge in [0.2, 0.25) is 5.91 Å². The Hall–Kier alpha value is -2.80. The Kier molecular flexibility index (Phi) is 4.75. The van der Waals surface area contributed by atoms with E-state index in [-0.39, 0.29) is 11.9 Å². The van der Waals surface area contributed by atoms with Crippen LogP contribution in [0.25, 0.3) is 11.0 Å². The van der Waals surface area contributed by atoms with E-state index in [4.69, 9.17) is 4.98 Å². The summed E-state index contributed by atoms with van der Waals surface area (Å²) < 4.78 is 1.96. The Morgan fingerprint density at radius 2 is 2.17 bits per heavy atom. The van der Waals surface area contributed by atoms with Gasteiger partial charge in [-0.3, -0.25) is 4.79 Å². The maximum atomic E-state index is 13.2. The second kappa shape index (κ2) is 7.55. The average Bonchev–Trinajstić information content (AvgIpc) is 3.22. The number of aromatic nitrogens is 4. The summed E-state index contributed by atoms with van der Waals surface area (Å²) in [5, 5.41) is 3.43. The summed E-state index contributed by atoms with van der Waals surface area (Å²) in [5.41, 5.74) is 4.07. The van der Waals surface area contributed by atoms with Crippen molar-refractivity contribution >= 4 is 16.9 Å². The van der Waals surface area contributed by atoms with Crippen molar-refractivity contribution in [1.82, 2.24) is 29.7 Å². The number of imidazole rings is 1. The molecule has 2 aromatic heterocycles. The molecule has 1 saturated heterocycles. The fourth-order valence-electron chi connectivity index (χ4n) is 4.46. The Morgan fingerprint density at radius 1 is 1.28 bits per heavy atom. The highest BCUT2D eigenvalue weighted by atomic mass is 16.2. The van der Waals surface area contributed by atoms with Gasteiger partial charge in [-0.1, -0.05) is 12.1 Å². The number of amides is 1. The van der Waals surface area contributed by atoms with Crippen molar-refractivity contribution < 1.29 is 4.79 Å². The van der Waals surface area contributed by atoms with Crippen LogP contribution in [0.4, 0.5) is 0 Å². The number of piperidine rings is 1. The van der Waals surface area contributed by atoms with Crippen LogP contribution in [-0.2, 0) is 17.8 Å². The first kappa shape index (κ1) is 18.2. The molecule has 2 atom stereocenters. The van der Waals surface area contributed by atoms with Crippen molar-refractivity contribution in [3.05, 3.63) is 53.9 Å². The molecular formula is C22H26N6O. The normalized spacial score (nSPS) is 20.4. The summed E-state index contributed by atoms with van der Waals surface area (Å²) in [6.45, 7) is 5.26. The number of rotatable bonds is 3. The highest BCUT2D eigenvalue weighted by Crippen LogP contribution is 2.25. The number of para-hydroxylation sites is 2. The van der Waals surface area contributed by atoms with Gasteiger partial charge in [0.05, 0.1) is 23.1 Å². The summed E-state index contributed by atoms with van der Waals surface area (Å²) in [5.74, 6) is 1.47. The van der Waals surface area contributed by atoms with Gasteiger partial charge >= 0.3 is 0 Å². The summed E-state index contributed by atoms with van der Waals surface area (Å²) >= 11 is 0. The SMILES string of the molecule is C[C@H](C(=O)N1CCc2nc([C@@H]3CCCNC3)ncc2C1)n1cnc2ccccc21. The molecule has 29 heavy (non-hydrogen) atoms. The smallest absolute Gasteiger partial charge is 0.245 e. The van der Waals surface area contributed by atoms with E-state index >= 15 is 0 Å². The van der Waals surface area contributed by atoms with Crippen molar-refractivity contribution in [1.29, 1.82) is 0 Å². The molecule has 0 aliphatic carbocycles. The minimum atomic E-state index is -0.294. The van der Waals surface area contributed by atoms with Crippen LogP contribution in [0.3, 0.4) is 0 Å². The number of carbonyl (C=O) groups is 1. The molecule has 1 aromatic carbocycles. The van der Waals surface area contributed by atoms with Gasteiger partial charge in [0, 0.05) is 43.7 Å². The van der Waals surface area contributed by atoms with Gasteiger partial charge < -0.3 is 14.8 Å². The van der Waals surface area contributed by atoms with Crippen LogP contribution in [0.1, 0.15) is 48.8 Å². The van der Waals surface area contributed by atoms with E-state index in [0.29, 0.717) is 19.0 Å². The van der Waals surface area contributed by atoms with Crippen LogP contribution in [0, 0.1) is 0 Å². The van der Waals surface area contributed by atoms with Crippen LogP contribution in [0.15, 0.2) is 36.8 Å². The molecule has 4 heterocycles. The molecule has 1 amide bonds. The van der Waals surface area contributed by atoms with Crippen LogP contribution < -0.4 is 5.32 Å². The molecule has 2 aliphatic heterocycles. The molecule has 150 valence electrons. The Labute approximate surface area is 170 Å². The molecule has 0 unspecified atom stereocenters. The minimum Gasteiger partial charge on any atom is -0.336 e. The molecule has 0 radical (unpaired) electrons. The predicted octanol–water partition coefficient (Wildman–Crippen LogP) is 2.44. The average molecular weight is 390 g/mol. The third-order valence-corrected chi connectivity index (χ3v) is 6.18. The van der Waals surface area contributed by atoms with Crippen LogP contribution in [-0.4, -0.2) is 50.0 Å². The molecule has 2 aliphatic rings. The van der Waals surface area contributed by atoms with Gasteiger partial charge in [-0.05, 0) is 38.4 Å². The standard InChI is InChI=1S/C22H26N6O/c1-15(28-14-25-19-6-2-3-7-20(19)28)22(29)27-10-8-18-17(13-27)12-24-21(26-18)16-5-4-9-23-11-16/h2-3,6-7,12,14-16,23H,4-5,8-11,13H2,1H3/t15-,16-/m1/s1. The highest BCUT2D eigenvalue weighted by molar-refractivity contribution is 5.83. The largest absolute Gasteiger partial charge is 0.336 e. The topological polar surface area (TPSA) is 75.9 Å². The molecule has 7 nitrogen and oxygen atoms in total. The van der Waals surface area contributed by atoms with Crippen LogP contribution in [0.2, 0.25) is 0 Å². The zero-order chi connectivity index (χ0) is 19.8. The molecule has 3 aromatic rings. The molecule has 5 rings (SSSR count). The number of benzene rings is 1. The van der Waals surface area contributed by atoms with Gasteiger partial charge in [-0.25, -0.2) is 15.0 Å². The zero-order valence-electron chi connectivity index (χ0n) is 16.7. The molecular weight excluding hydrogens is 364 g/mol. The summed E-state index contributed by atoms with van der Waals surface area (Å²) in [4.78, 5) is 29.0. The lowest BCUT2D eigenvalue weighted by Gasteiger charge is -2.31. The third kappa shape index (κ3) is 3.40. The molecule has 0 spiro atoms. The van der Waals surface area contributed by atoms with E-state index in [1.807, 2.05) is 46.9 Å². The van der Waals surface area contributed by atoms with E-state index < -0.39 is 0 Å². The Balaban J connectivity index is 1.33. The van der Waals surface area contributed by atoms with E-state index in [1.54, 1.807) is 6.33 Å². The van der Waals surface area contributed by atoms with Gasteiger partial charge in [0.15, 0.2) is 0 Å². The quantitative estimate of drug-likeness (QED) is 0.743. The molecule has 1 fully saturated rings. The third-order valence-electron chi connectivity index (χ3n) is 6.18. The summed E-state index contributed by atoms with van der Waals surface area (Å²) in [7, 11) is 0. The number of hydrogen-bond donors (Lipinski definition) is 1. The molecule has 1 N–H and O–H groups in total. The number of nitrogens with one attached hydrogen (secondary N) is 1. The van der Waals surface area contributed by atoms with Crippen molar-refractivity contribution in [2.75, 3.05) is 19.6 Å². The van der Waals surface area contributed by atoms with Gasteiger partial charge in [0.25, 0.3) is 0 Å². The Bertz CT molecular complexity index is 1040. The fourth-order valence-corrected chi connectivity index (χ4v) is 4.46. The lowest BCUT2D eigenvalue weighted by atomic mass is 9.98. The van der Waals surface area contributed by atoms with E-state index in [9.17, 15) is 4.79 Å². The van der Waals surface area contributed by atoms with Crippen LogP contribution in [0.5, 0.6) is 0 Å². The van der Waals surface area contributed by atoms with Gasteiger partial charge in [-0.2, -0.15) is 0 Å². The lowest BCUT2D eigenvalue weighted by Crippen LogP contribution is -2.40. The molecule has 0 saturated carbocycles. The number of hydrogen-bond acceptors (Lipinski definition) is 5. The maximum Gasteiger partial charge on any atom is 0.245 e. The summed E-state index contributed by atoms with van der Waals surface area (Å²) in [6.07, 6.45) is 6.80. The molecule has 0 bridgehead atoms. The minimum absolute atomic E-state index is 0.111. The number of nitrogens with zero attached hydrogens (tertiary/aromatic N) is 5. The first-order valence-electron chi connectivity index (χ1n) is 10.5. The van der Waals surface area contributed by atoms with E-state index in [2.05, 4.69) is 15.3 Å². The maximum absolute atomic E-state index is 13.2. The van der Waals surface area contributed by atoms with Crippen molar-refractivity contribution in [3.8, 4) is 0 Å². The predicted molar refractivity (Wildman–Crippen MR) is 110 cm³/mol. The van der Waals surface area contributed by atoms with E-state index in [1.165, 1.54) is 6.42 Å². The lowest BCUT2D eigenvalue weighted by molar-refractivity contribution is -0.135. The second-order valence-corrected chi connectivity index (χ2v) is 8.07. The zero-order valence-corrected chi connectivity index (χ0v) is 16.7. The van der Waals surface area contributed by atoms with Crippen molar-refractivity contribution in [3.63, 3.8) is 0 Å². The highest BCUT2D eigenvalue weighted by Gasteiger charge is 2.28.